The summed E-state index contributed by atoms with van der Waals surface area (Å²) < 4.78 is 5.68. The third-order valence-electron chi connectivity index (χ3n) is 4.48. The summed E-state index contributed by atoms with van der Waals surface area (Å²) in [5.41, 5.74) is 6.90. The Morgan fingerprint density at radius 2 is 1.78 bits per heavy atom. The normalized spacial score (nSPS) is 15.6. The summed E-state index contributed by atoms with van der Waals surface area (Å²) in [5, 5.41) is 0. The van der Waals surface area contributed by atoms with Crippen molar-refractivity contribution >= 4 is 5.57 Å². The molecule has 1 nitrogen and oxygen atoms in total. The van der Waals surface area contributed by atoms with E-state index in [1.807, 2.05) is 37.3 Å². The summed E-state index contributed by atoms with van der Waals surface area (Å²) in [7, 11) is 0. The highest BCUT2D eigenvalue weighted by molar-refractivity contribution is 5.78. The summed E-state index contributed by atoms with van der Waals surface area (Å²) in [6.45, 7) is 11.8. The highest BCUT2D eigenvalue weighted by Crippen LogP contribution is 2.33. The van der Waals surface area contributed by atoms with Gasteiger partial charge in [-0.1, -0.05) is 85.5 Å². The Morgan fingerprint density at radius 1 is 1.00 bits per heavy atom. The number of hydrogen-bond donors (Lipinski definition) is 0. The average molecular weight is 352 g/mol. The van der Waals surface area contributed by atoms with Gasteiger partial charge in [0, 0.05) is 0 Å². The molecule has 0 radical (unpaired) electrons. The van der Waals surface area contributed by atoms with Crippen LogP contribution in [0.15, 0.2) is 115 Å². The minimum absolute atomic E-state index is 0.814. The van der Waals surface area contributed by atoms with Crippen LogP contribution in [0.4, 0.5) is 0 Å². The predicted molar refractivity (Wildman–Crippen MR) is 116 cm³/mol. The topological polar surface area (TPSA) is 9.23 Å². The van der Waals surface area contributed by atoms with E-state index in [-0.39, 0.29) is 0 Å². The third kappa shape index (κ3) is 4.09. The van der Waals surface area contributed by atoms with Gasteiger partial charge in [-0.3, -0.25) is 0 Å². The first-order valence-electron chi connectivity index (χ1n) is 9.05. The molecule has 1 aliphatic rings. The summed E-state index contributed by atoms with van der Waals surface area (Å²) in [4.78, 5) is 0. The van der Waals surface area contributed by atoms with Gasteiger partial charge in [0.05, 0.1) is 5.57 Å². The van der Waals surface area contributed by atoms with Gasteiger partial charge in [0.1, 0.15) is 11.5 Å². The molecule has 0 amide bonds. The molecule has 0 saturated heterocycles. The van der Waals surface area contributed by atoms with Crippen molar-refractivity contribution < 1.29 is 4.74 Å². The maximum absolute atomic E-state index is 5.68. The largest absolute Gasteiger partial charge is 0.456 e. The van der Waals surface area contributed by atoms with Gasteiger partial charge in [-0.25, -0.2) is 0 Å². The molecule has 0 bridgehead atoms. The van der Waals surface area contributed by atoms with E-state index in [0.29, 0.717) is 0 Å². The Kier molecular flexibility index (Phi) is 5.73. The molecule has 0 fully saturated rings. The second kappa shape index (κ2) is 8.37. The maximum Gasteiger partial charge on any atom is 0.138 e. The van der Waals surface area contributed by atoms with Crippen LogP contribution in [0.1, 0.15) is 18.1 Å². The van der Waals surface area contributed by atoms with E-state index in [9.17, 15) is 0 Å². The molecule has 1 aliphatic heterocycles. The van der Waals surface area contributed by atoms with Gasteiger partial charge in [0.15, 0.2) is 0 Å². The molecule has 27 heavy (non-hydrogen) atoms. The number of rotatable bonds is 6. The van der Waals surface area contributed by atoms with E-state index in [4.69, 9.17) is 4.74 Å². The summed E-state index contributed by atoms with van der Waals surface area (Å²) in [6.07, 6.45) is 11.7. The van der Waals surface area contributed by atoms with Crippen LogP contribution in [0.5, 0.6) is 0 Å². The zero-order valence-corrected chi connectivity index (χ0v) is 15.9. The first kappa shape index (κ1) is 18.5. The lowest BCUT2D eigenvalue weighted by Crippen LogP contribution is -2.08. The fourth-order valence-corrected chi connectivity index (χ4v) is 2.98. The number of ether oxygens (including phenoxy) is 1. The van der Waals surface area contributed by atoms with Gasteiger partial charge in [-0.2, -0.15) is 0 Å². The summed E-state index contributed by atoms with van der Waals surface area (Å²) in [6, 6.07) is 17.1. The molecule has 1 heteroatoms. The van der Waals surface area contributed by atoms with Gasteiger partial charge >= 0.3 is 0 Å². The lowest BCUT2D eigenvalue weighted by Gasteiger charge is -2.23. The predicted octanol–water partition coefficient (Wildman–Crippen LogP) is 7.16. The minimum atomic E-state index is 0.814. The SMILES string of the molecule is C=CC1=C(/C=C\C)/C(=C/C=C(\C=C)c2cccc(-c3ccc(C)cc3)c2)O1. The molecule has 0 aliphatic carbocycles. The van der Waals surface area contributed by atoms with Gasteiger partial charge in [0.25, 0.3) is 0 Å². The van der Waals surface area contributed by atoms with Gasteiger partial charge in [-0.15, -0.1) is 0 Å². The first-order chi connectivity index (χ1) is 13.2. The maximum atomic E-state index is 5.68. The Hall–Kier alpha value is -3.32. The van der Waals surface area contributed by atoms with Crippen molar-refractivity contribution in [2.24, 2.45) is 0 Å². The zero-order chi connectivity index (χ0) is 19.2. The van der Waals surface area contributed by atoms with Crippen LogP contribution in [0, 0.1) is 6.92 Å². The van der Waals surface area contributed by atoms with Crippen molar-refractivity contribution in [1.82, 2.24) is 0 Å². The molecule has 0 saturated carbocycles. The van der Waals surface area contributed by atoms with Crippen LogP contribution >= 0.6 is 0 Å². The molecule has 2 aromatic rings. The lowest BCUT2D eigenvalue weighted by atomic mass is 9.98. The molecule has 0 unspecified atom stereocenters. The van der Waals surface area contributed by atoms with Crippen molar-refractivity contribution in [1.29, 1.82) is 0 Å². The van der Waals surface area contributed by atoms with Gasteiger partial charge < -0.3 is 4.74 Å². The van der Waals surface area contributed by atoms with Crippen LogP contribution < -0.4 is 0 Å². The highest BCUT2D eigenvalue weighted by atomic mass is 16.5. The monoisotopic (exact) mass is 352 g/mol. The second-order valence-corrected chi connectivity index (χ2v) is 6.39. The van der Waals surface area contributed by atoms with Crippen molar-refractivity contribution in [3.63, 3.8) is 0 Å². The Labute approximate surface area is 162 Å². The zero-order valence-electron chi connectivity index (χ0n) is 15.9. The van der Waals surface area contributed by atoms with Crippen molar-refractivity contribution in [2.75, 3.05) is 0 Å². The Morgan fingerprint density at radius 3 is 2.44 bits per heavy atom. The molecule has 134 valence electrons. The van der Waals surface area contributed by atoms with E-state index in [1.165, 1.54) is 16.7 Å². The van der Waals surface area contributed by atoms with Crippen molar-refractivity contribution in [3.05, 3.63) is 126 Å². The standard InChI is InChI=1S/C26H24O/c1-5-9-24-25(7-3)27-26(24)17-16-20(6-2)22-10-8-11-23(18-22)21-14-12-19(4)13-15-21/h5-18H,2-3H2,1,4H3/b9-5-,20-16+,26-17-. The first-order valence-corrected chi connectivity index (χ1v) is 9.05. The Balaban J connectivity index is 1.91. The molecule has 3 rings (SSSR count). The van der Waals surface area contributed by atoms with E-state index in [2.05, 4.69) is 68.6 Å². The quantitative estimate of drug-likeness (QED) is 0.501. The van der Waals surface area contributed by atoms with Crippen LogP contribution in [0.25, 0.3) is 16.7 Å². The third-order valence-corrected chi connectivity index (χ3v) is 4.48. The molecule has 0 aromatic heterocycles. The lowest BCUT2D eigenvalue weighted by molar-refractivity contribution is 0.280. The van der Waals surface area contributed by atoms with E-state index >= 15 is 0 Å². The van der Waals surface area contributed by atoms with Crippen molar-refractivity contribution in [2.45, 2.75) is 13.8 Å². The average Bonchev–Trinajstić information content (AvgIpc) is 2.69. The number of benzene rings is 2. The highest BCUT2D eigenvalue weighted by Gasteiger charge is 2.20. The van der Waals surface area contributed by atoms with E-state index in [0.717, 1.165) is 28.2 Å². The molecule has 2 aromatic carbocycles. The minimum Gasteiger partial charge on any atom is -0.456 e. The van der Waals surface area contributed by atoms with E-state index < -0.39 is 0 Å². The van der Waals surface area contributed by atoms with Gasteiger partial charge in [0.2, 0.25) is 0 Å². The Bertz CT molecular complexity index is 979. The fourth-order valence-electron chi connectivity index (χ4n) is 2.98. The molecule has 1 heterocycles. The molecular formula is C26H24O. The summed E-state index contributed by atoms with van der Waals surface area (Å²) >= 11 is 0. The van der Waals surface area contributed by atoms with Crippen LogP contribution in [-0.4, -0.2) is 0 Å². The van der Waals surface area contributed by atoms with Crippen LogP contribution in [-0.2, 0) is 4.74 Å². The summed E-state index contributed by atoms with van der Waals surface area (Å²) in [5.74, 6) is 1.66. The molecule has 0 N–H and O–H groups in total. The second-order valence-electron chi connectivity index (χ2n) is 6.39. The van der Waals surface area contributed by atoms with Gasteiger partial charge in [-0.05, 0) is 54.3 Å². The van der Waals surface area contributed by atoms with Crippen molar-refractivity contribution in [3.8, 4) is 11.1 Å². The number of aryl methyl sites for hydroxylation is 1. The number of allylic oxidation sites excluding steroid dienone is 7. The number of hydrogen-bond acceptors (Lipinski definition) is 1. The van der Waals surface area contributed by atoms with Crippen LogP contribution in [0.2, 0.25) is 0 Å². The molecule has 0 spiro atoms. The smallest absolute Gasteiger partial charge is 0.138 e. The molecular weight excluding hydrogens is 328 g/mol. The van der Waals surface area contributed by atoms with E-state index in [1.54, 1.807) is 6.08 Å². The van der Waals surface area contributed by atoms with Crippen LogP contribution in [0.3, 0.4) is 0 Å². The fraction of sp³-hybridized carbons (Fsp3) is 0.0769. The molecule has 0 atom stereocenters.